The predicted molar refractivity (Wildman–Crippen MR) is 61.2 cm³/mol. The van der Waals surface area contributed by atoms with Gasteiger partial charge in [-0.15, -0.1) is 0 Å². The number of hydrogen-bond donors (Lipinski definition) is 0. The topological polar surface area (TPSA) is 35.0 Å². The molecule has 19 heavy (non-hydrogen) atoms. The van der Waals surface area contributed by atoms with Crippen LogP contribution in [-0.2, 0) is 6.18 Å². The van der Waals surface area contributed by atoms with E-state index in [4.69, 9.17) is 4.74 Å². The van der Waals surface area contributed by atoms with Gasteiger partial charge in [0.05, 0.1) is 0 Å². The average molecular weight is 337 g/mol. The fraction of sp³-hybridized carbons (Fsp3) is 0.0909. The molecule has 1 heterocycles. The minimum atomic E-state index is -4.61. The summed E-state index contributed by atoms with van der Waals surface area (Å²) in [5, 5.41) is 0. The average Bonchev–Trinajstić information content (AvgIpc) is 2.32. The Morgan fingerprint density at radius 1 is 1.16 bits per heavy atom. The summed E-state index contributed by atoms with van der Waals surface area (Å²) in [7, 11) is 0. The van der Waals surface area contributed by atoms with Gasteiger partial charge in [0, 0.05) is 10.7 Å². The van der Waals surface area contributed by atoms with Gasteiger partial charge in [0.2, 0.25) is 0 Å². The van der Waals surface area contributed by atoms with Crippen LogP contribution in [-0.4, -0.2) is 9.97 Å². The molecule has 1 aromatic heterocycles. The summed E-state index contributed by atoms with van der Waals surface area (Å²) in [6.45, 7) is 0. The van der Waals surface area contributed by atoms with E-state index < -0.39 is 23.7 Å². The summed E-state index contributed by atoms with van der Waals surface area (Å²) in [6.07, 6.45) is -3.72. The molecule has 0 saturated heterocycles. The molecule has 0 N–H and O–H groups in total. The second-order valence-corrected chi connectivity index (χ2v) is 4.31. The zero-order chi connectivity index (χ0) is 14.0. The molecule has 1 aromatic carbocycles. The van der Waals surface area contributed by atoms with Crippen LogP contribution in [0.2, 0.25) is 0 Å². The van der Waals surface area contributed by atoms with Crippen molar-refractivity contribution in [1.29, 1.82) is 0 Å². The molecule has 0 atom stereocenters. The van der Waals surface area contributed by atoms with Crippen molar-refractivity contribution >= 4 is 15.9 Å². The number of ether oxygens (including phenoxy) is 1. The number of alkyl halides is 3. The molecule has 0 amide bonds. The third-order valence-electron chi connectivity index (χ3n) is 2.02. The third-order valence-corrected chi connectivity index (χ3v) is 2.51. The molecule has 100 valence electrons. The predicted octanol–water partition coefficient (Wildman–Crippen LogP) is 4.19. The van der Waals surface area contributed by atoms with Gasteiger partial charge >= 0.3 is 12.2 Å². The Morgan fingerprint density at radius 3 is 2.53 bits per heavy atom. The van der Waals surface area contributed by atoms with Crippen LogP contribution in [0, 0.1) is 5.82 Å². The van der Waals surface area contributed by atoms with E-state index in [0.717, 1.165) is 12.3 Å². The maximum absolute atomic E-state index is 13.4. The standard InChI is InChI=1S/C11H5BrF4N2O/c12-6-1-2-8(7(13)5-6)19-10-17-4-3-9(18-10)11(14,15)16/h1-5H. The van der Waals surface area contributed by atoms with E-state index in [1.54, 1.807) is 0 Å². The Bertz CT molecular complexity index is 603. The van der Waals surface area contributed by atoms with Gasteiger partial charge in [-0.25, -0.2) is 9.37 Å². The lowest BCUT2D eigenvalue weighted by molar-refractivity contribution is -0.141. The van der Waals surface area contributed by atoms with Crippen molar-refractivity contribution in [3.8, 4) is 11.8 Å². The van der Waals surface area contributed by atoms with Gasteiger partial charge in [-0.05, 0) is 24.3 Å². The zero-order valence-electron chi connectivity index (χ0n) is 9.08. The molecule has 0 bridgehead atoms. The van der Waals surface area contributed by atoms with Crippen LogP contribution < -0.4 is 4.74 Å². The lowest BCUT2D eigenvalue weighted by atomic mass is 10.3. The quantitative estimate of drug-likeness (QED) is 0.771. The molecule has 2 aromatic rings. The van der Waals surface area contributed by atoms with E-state index in [-0.39, 0.29) is 5.75 Å². The van der Waals surface area contributed by atoms with E-state index in [0.29, 0.717) is 10.5 Å². The minimum Gasteiger partial charge on any atom is -0.421 e. The number of hydrogen-bond acceptors (Lipinski definition) is 3. The normalized spacial score (nSPS) is 11.4. The highest BCUT2D eigenvalue weighted by Gasteiger charge is 2.33. The summed E-state index contributed by atoms with van der Waals surface area (Å²) >= 11 is 3.04. The molecule has 0 radical (unpaired) electrons. The molecule has 0 fully saturated rings. The smallest absolute Gasteiger partial charge is 0.421 e. The lowest BCUT2D eigenvalue weighted by Gasteiger charge is -2.08. The summed E-state index contributed by atoms with van der Waals surface area (Å²) in [6, 6.07) is 3.97. The maximum atomic E-state index is 13.4. The molecule has 3 nitrogen and oxygen atoms in total. The molecular formula is C11H5BrF4N2O. The molecule has 0 spiro atoms. The highest BCUT2D eigenvalue weighted by atomic mass is 79.9. The van der Waals surface area contributed by atoms with Gasteiger partial charge in [0.1, 0.15) is 0 Å². The van der Waals surface area contributed by atoms with E-state index in [1.165, 1.54) is 12.1 Å². The van der Waals surface area contributed by atoms with Crippen molar-refractivity contribution < 1.29 is 22.3 Å². The number of halogens is 5. The van der Waals surface area contributed by atoms with Crippen LogP contribution in [0.25, 0.3) is 0 Å². The van der Waals surface area contributed by atoms with Gasteiger partial charge in [-0.1, -0.05) is 15.9 Å². The summed E-state index contributed by atoms with van der Waals surface area (Å²) in [5.74, 6) is -1.00. The summed E-state index contributed by atoms with van der Waals surface area (Å²) < 4.78 is 56.0. The minimum absolute atomic E-state index is 0.262. The van der Waals surface area contributed by atoms with Crippen molar-refractivity contribution in [1.82, 2.24) is 9.97 Å². The van der Waals surface area contributed by atoms with Crippen molar-refractivity contribution in [3.63, 3.8) is 0 Å². The molecule has 2 rings (SSSR count). The van der Waals surface area contributed by atoms with Crippen molar-refractivity contribution in [2.45, 2.75) is 6.18 Å². The Hall–Kier alpha value is -1.70. The molecular weight excluding hydrogens is 332 g/mol. The van der Waals surface area contributed by atoms with Crippen LogP contribution >= 0.6 is 15.9 Å². The molecule has 0 aliphatic carbocycles. The summed E-state index contributed by atoms with van der Waals surface area (Å²) in [4.78, 5) is 6.67. The van der Waals surface area contributed by atoms with Gasteiger partial charge in [-0.2, -0.15) is 18.2 Å². The van der Waals surface area contributed by atoms with E-state index >= 15 is 0 Å². The fourth-order valence-corrected chi connectivity index (χ4v) is 1.54. The number of benzene rings is 1. The highest BCUT2D eigenvalue weighted by molar-refractivity contribution is 9.10. The Kier molecular flexibility index (Phi) is 3.70. The first-order valence-electron chi connectivity index (χ1n) is 4.89. The van der Waals surface area contributed by atoms with Crippen molar-refractivity contribution in [2.75, 3.05) is 0 Å². The molecule has 8 heteroatoms. The SMILES string of the molecule is Fc1cc(Br)ccc1Oc1nccc(C(F)(F)F)n1. The highest BCUT2D eigenvalue weighted by Crippen LogP contribution is 2.29. The van der Waals surface area contributed by atoms with Crippen LogP contribution in [0.15, 0.2) is 34.9 Å². The second-order valence-electron chi connectivity index (χ2n) is 3.40. The summed E-state index contributed by atoms with van der Waals surface area (Å²) in [5.41, 5.74) is -1.16. The molecule has 0 unspecified atom stereocenters. The van der Waals surface area contributed by atoms with E-state index in [2.05, 4.69) is 25.9 Å². The number of aromatic nitrogens is 2. The van der Waals surface area contributed by atoms with Crippen LogP contribution in [0.4, 0.5) is 17.6 Å². The number of nitrogens with zero attached hydrogens (tertiary/aromatic N) is 2. The van der Waals surface area contributed by atoms with Crippen molar-refractivity contribution in [2.24, 2.45) is 0 Å². The van der Waals surface area contributed by atoms with E-state index in [9.17, 15) is 17.6 Å². The van der Waals surface area contributed by atoms with Crippen LogP contribution in [0.3, 0.4) is 0 Å². The monoisotopic (exact) mass is 336 g/mol. The van der Waals surface area contributed by atoms with E-state index in [1.807, 2.05) is 0 Å². The van der Waals surface area contributed by atoms with Gasteiger partial charge in [0.15, 0.2) is 17.3 Å². The largest absolute Gasteiger partial charge is 0.433 e. The molecule has 0 aliphatic heterocycles. The van der Waals surface area contributed by atoms with Gasteiger partial charge < -0.3 is 4.74 Å². The Balaban J connectivity index is 2.29. The zero-order valence-corrected chi connectivity index (χ0v) is 10.7. The Morgan fingerprint density at radius 2 is 1.89 bits per heavy atom. The molecule has 0 aliphatic rings. The van der Waals surface area contributed by atoms with Crippen molar-refractivity contribution in [3.05, 3.63) is 46.4 Å². The van der Waals surface area contributed by atoms with Crippen LogP contribution in [0.1, 0.15) is 5.69 Å². The lowest BCUT2D eigenvalue weighted by Crippen LogP contribution is -2.09. The molecule has 0 saturated carbocycles. The van der Waals surface area contributed by atoms with Gasteiger partial charge in [-0.3, -0.25) is 0 Å². The Labute approximate surface area is 113 Å². The fourth-order valence-electron chi connectivity index (χ4n) is 1.20. The van der Waals surface area contributed by atoms with Gasteiger partial charge in [0.25, 0.3) is 0 Å². The first-order valence-corrected chi connectivity index (χ1v) is 5.69. The third kappa shape index (κ3) is 3.40. The first-order chi connectivity index (χ1) is 8.86. The maximum Gasteiger partial charge on any atom is 0.433 e. The van der Waals surface area contributed by atoms with Crippen LogP contribution in [0.5, 0.6) is 11.8 Å². The number of rotatable bonds is 2. The second kappa shape index (κ2) is 5.12. The first kappa shape index (κ1) is 13.7.